The second kappa shape index (κ2) is 12.1. The van der Waals surface area contributed by atoms with E-state index < -0.39 is 11.9 Å². The van der Waals surface area contributed by atoms with Crippen LogP contribution in [0.15, 0.2) is 69.7 Å². The quantitative estimate of drug-likeness (QED) is 0.193. The monoisotopic (exact) mass is 660 g/mol. The number of aryl methyl sites for hydroxylation is 4. The molecule has 0 aliphatic carbocycles. The van der Waals surface area contributed by atoms with Gasteiger partial charge in [-0.25, -0.2) is 9.59 Å². The Kier molecular flexibility index (Phi) is 7.59. The van der Waals surface area contributed by atoms with Gasteiger partial charge >= 0.3 is 11.9 Å². The summed E-state index contributed by atoms with van der Waals surface area (Å²) in [5, 5.41) is 26.8. The van der Waals surface area contributed by atoms with E-state index in [1.807, 2.05) is 48.5 Å². The van der Waals surface area contributed by atoms with Crippen molar-refractivity contribution >= 4 is 33.7 Å². The summed E-state index contributed by atoms with van der Waals surface area (Å²) in [5.74, 6) is 0.523. The fraction of sp³-hybridized carbons (Fsp3) is 0.152. The molecule has 6 heterocycles. The van der Waals surface area contributed by atoms with Crippen molar-refractivity contribution in [3.8, 4) is 45.7 Å². The minimum atomic E-state index is -1.05. The van der Waals surface area contributed by atoms with Crippen molar-refractivity contribution in [1.82, 2.24) is 49.8 Å². The number of carbonyl (C=O) groups is 2. The Bertz CT molecular complexity index is 2510. The number of carbonyl (C=O) groups excluding carboxylic acids is 1. The fourth-order valence-corrected chi connectivity index (χ4v) is 5.41. The second-order valence-corrected chi connectivity index (χ2v) is 11.1. The normalized spacial score (nSPS) is 11.2. The van der Waals surface area contributed by atoms with Crippen LogP contribution >= 0.6 is 0 Å². The van der Waals surface area contributed by atoms with Gasteiger partial charge in [0.25, 0.3) is 11.8 Å². The molecule has 0 radical (unpaired) electrons. The van der Waals surface area contributed by atoms with E-state index in [1.165, 1.54) is 7.11 Å². The Morgan fingerprint density at radius 3 is 1.59 bits per heavy atom. The maximum Gasteiger partial charge on any atom is 0.358 e. The average molecular weight is 661 g/mol. The third kappa shape index (κ3) is 5.93. The van der Waals surface area contributed by atoms with Gasteiger partial charge in [0.2, 0.25) is 0 Å². The zero-order chi connectivity index (χ0) is 34.4. The van der Waals surface area contributed by atoms with Crippen LogP contribution < -0.4 is 0 Å². The van der Waals surface area contributed by atoms with E-state index in [1.54, 1.807) is 49.4 Å². The smallest absolute Gasteiger partial charge is 0.358 e. The molecule has 0 fully saturated rings. The lowest BCUT2D eigenvalue weighted by molar-refractivity contribution is 0.0592. The maximum absolute atomic E-state index is 11.7. The molecule has 16 nitrogen and oxygen atoms in total. The van der Waals surface area contributed by atoms with Gasteiger partial charge in [-0.2, -0.15) is 20.2 Å². The molecule has 0 aliphatic heterocycles. The number of aromatic amines is 2. The molecule has 0 bridgehead atoms. The summed E-state index contributed by atoms with van der Waals surface area (Å²) in [6.07, 6.45) is 0. The van der Waals surface area contributed by atoms with Crippen molar-refractivity contribution in [2.45, 2.75) is 13.8 Å². The van der Waals surface area contributed by atoms with Gasteiger partial charge in [0, 0.05) is 47.0 Å². The molecule has 0 atom stereocenters. The van der Waals surface area contributed by atoms with Crippen LogP contribution in [0, 0.1) is 13.8 Å². The minimum Gasteiger partial charge on any atom is -0.476 e. The van der Waals surface area contributed by atoms with E-state index in [-0.39, 0.29) is 11.4 Å². The number of benzene rings is 2. The zero-order valence-corrected chi connectivity index (χ0v) is 26.8. The molecule has 16 heteroatoms. The van der Waals surface area contributed by atoms with Crippen LogP contribution in [0.3, 0.4) is 0 Å². The Morgan fingerprint density at radius 1 is 0.714 bits per heavy atom. The van der Waals surface area contributed by atoms with E-state index in [0.717, 1.165) is 55.7 Å². The predicted molar refractivity (Wildman–Crippen MR) is 175 cm³/mol. The van der Waals surface area contributed by atoms with E-state index >= 15 is 0 Å². The molecular weight excluding hydrogens is 632 g/mol. The standard InChI is InChI=1S/C17H15N5O3.C16H13N5O3/c1-9-18-16(25-21-9)13-7-11-6-10(4-5-12(11)19-13)15-8-14(17(23)24-3)20-22(15)2;1-8-17-15(24-20-8)12-6-10-5-9(3-4-11(10)18-12)14-7-13(16(22)23)19-21(14)2/h4-8,19H,1-3H3;3-7,18H,1-2H3,(H,22,23). The van der Waals surface area contributed by atoms with Gasteiger partial charge in [0.1, 0.15) is 11.4 Å². The summed E-state index contributed by atoms with van der Waals surface area (Å²) in [5.41, 5.74) is 7.01. The number of esters is 1. The number of aromatic nitrogens is 10. The van der Waals surface area contributed by atoms with Crippen molar-refractivity contribution < 1.29 is 28.5 Å². The third-order valence-electron chi connectivity index (χ3n) is 7.72. The molecule has 8 rings (SSSR count). The minimum absolute atomic E-state index is 0.0173. The molecule has 8 aromatic rings. The number of hydrogen-bond donors (Lipinski definition) is 3. The third-order valence-corrected chi connectivity index (χ3v) is 7.72. The first kappa shape index (κ1) is 30.8. The topological polar surface area (TPSA) is 209 Å². The van der Waals surface area contributed by atoms with Crippen molar-refractivity contribution in [1.29, 1.82) is 0 Å². The highest BCUT2D eigenvalue weighted by molar-refractivity contribution is 5.92. The number of nitrogens with one attached hydrogen (secondary N) is 2. The van der Waals surface area contributed by atoms with E-state index in [4.69, 9.17) is 18.9 Å². The van der Waals surface area contributed by atoms with E-state index in [9.17, 15) is 9.59 Å². The number of ether oxygens (including phenoxy) is 1. The number of carboxylic acids is 1. The number of H-pyrrole nitrogens is 2. The summed E-state index contributed by atoms with van der Waals surface area (Å²) < 4.78 is 18.3. The van der Waals surface area contributed by atoms with Gasteiger partial charge in [-0.15, -0.1) is 0 Å². The molecule has 0 saturated carbocycles. The van der Waals surface area contributed by atoms with Crippen molar-refractivity contribution in [2.75, 3.05) is 7.11 Å². The molecule has 246 valence electrons. The summed E-state index contributed by atoms with van der Waals surface area (Å²) in [6.45, 7) is 3.53. The number of methoxy groups -OCH3 is 1. The van der Waals surface area contributed by atoms with Gasteiger partial charge in [0.15, 0.2) is 23.0 Å². The first-order chi connectivity index (χ1) is 23.6. The molecule has 2 aromatic carbocycles. The van der Waals surface area contributed by atoms with Gasteiger partial charge in [-0.1, -0.05) is 22.4 Å². The lowest BCUT2D eigenvalue weighted by Gasteiger charge is -2.01. The molecular formula is C33H28N10O6. The second-order valence-electron chi connectivity index (χ2n) is 11.1. The molecule has 0 amide bonds. The van der Waals surface area contributed by atoms with Crippen LogP contribution in [0.4, 0.5) is 0 Å². The molecule has 0 spiro atoms. The molecule has 6 aromatic heterocycles. The lowest BCUT2D eigenvalue weighted by atomic mass is 10.1. The van der Waals surface area contributed by atoms with Crippen LogP contribution in [0.1, 0.15) is 32.6 Å². The zero-order valence-electron chi connectivity index (χ0n) is 26.8. The lowest BCUT2D eigenvalue weighted by Crippen LogP contribution is -2.02. The summed E-state index contributed by atoms with van der Waals surface area (Å²) in [6, 6.07) is 18.8. The maximum atomic E-state index is 11.7. The average Bonchev–Trinajstić information content (AvgIpc) is 3.93. The number of aromatic carboxylic acids is 1. The summed E-state index contributed by atoms with van der Waals surface area (Å²) in [4.78, 5) is 37.6. The van der Waals surface area contributed by atoms with Crippen molar-refractivity contribution in [3.05, 3.63) is 83.7 Å². The van der Waals surface area contributed by atoms with Crippen LogP contribution in [0.2, 0.25) is 0 Å². The first-order valence-electron chi connectivity index (χ1n) is 14.8. The SMILES string of the molecule is COC(=O)c1cc(-c2ccc3[nH]c(-c4nc(C)no4)cc3c2)n(C)n1.Cc1noc(-c2cc3cc(-c4cc(C(=O)O)nn4C)ccc3[nH]2)n1. The fourth-order valence-electron chi connectivity index (χ4n) is 5.41. The number of fused-ring (bicyclic) bond motifs is 2. The predicted octanol–water partition coefficient (Wildman–Crippen LogP) is 5.34. The van der Waals surface area contributed by atoms with Crippen LogP contribution in [-0.2, 0) is 18.8 Å². The number of carboxylic acid groups (broad SMARTS) is 1. The molecule has 0 saturated heterocycles. The van der Waals surface area contributed by atoms with Crippen LogP contribution in [0.5, 0.6) is 0 Å². The first-order valence-corrected chi connectivity index (χ1v) is 14.8. The molecule has 0 aliphatic rings. The largest absolute Gasteiger partial charge is 0.476 e. The van der Waals surface area contributed by atoms with E-state index in [0.29, 0.717) is 23.4 Å². The van der Waals surface area contributed by atoms with Crippen molar-refractivity contribution in [2.24, 2.45) is 14.1 Å². The molecule has 49 heavy (non-hydrogen) atoms. The Morgan fingerprint density at radius 2 is 1.18 bits per heavy atom. The Balaban J connectivity index is 0.000000154. The van der Waals surface area contributed by atoms with Gasteiger partial charge in [-0.05, 0) is 62.4 Å². The van der Waals surface area contributed by atoms with Gasteiger partial charge < -0.3 is 28.9 Å². The Hall–Kier alpha value is -6.84. The molecule has 0 unspecified atom stereocenters. The number of rotatable bonds is 6. The highest BCUT2D eigenvalue weighted by Gasteiger charge is 2.17. The van der Waals surface area contributed by atoms with Crippen molar-refractivity contribution in [3.63, 3.8) is 0 Å². The number of nitrogens with zero attached hydrogens (tertiary/aromatic N) is 8. The highest BCUT2D eigenvalue weighted by Crippen LogP contribution is 2.30. The van der Waals surface area contributed by atoms with Crippen LogP contribution in [-0.4, -0.2) is 74.0 Å². The van der Waals surface area contributed by atoms with Gasteiger partial charge in [-0.3, -0.25) is 9.36 Å². The molecule has 3 N–H and O–H groups in total. The highest BCUT2D eigenvalue weighted by atomic mass is 16.5. The number of hydrogen-bond acceptors (Lipinski definition) is 11. The Labute approximate surface area is 276 Å². The van der Waals surface area contributed by atoms with Crippen LogP contribution in [0.25, 0.3) is 67.5 Å². The summed E-state index contributed by atoms with van der Waals surface area (Å²) in [7, 11) is 4.84. The van der Waals surface area contributed by atoms with E-state index in [2.05, 4.69) is 40.4 Å². The van der Waals surface area contributed by atoms with Gasteiger partial charge in [0.05, 0.1) is 18.5 Å². The summed E-state index contributed by atoms with van der Waals surface area (Å²) >= 11 is 0.